The maximum Gasteiger partial charge on any atom is 0.227 e. The molecule has 2 amide bonds. The minimum atomic E-state index is 0.0267. The first-order valence-corrected chi connectivity index (χ1v) is 13.3. The van der Waals surface area contributed by atoms with Crippen LogP contribution in [-0.2, 0) is 19.1 Å². The average molecular weight is 505 g/mol. The third kappa shape index (κ3) is 6.02. The molecule has 0 spiro atoms. The van der Waals surface area contributed by atoms with Crippen molar-refractivity contribution in [3.05, 3.63) is 42.5 Å². The van der Waals surface area contributed by atoms with Gasteiger partial charge in [-0.25, -0.2) is 4.98 Å². The minimum Gasteiger partial charge on any atom is -0.381 e. The molecule has 8 heteroatoms. The van der Waals surface area contributed by atoms with Crippen molar-refractivity contribution in [3.8, 4) is 11.4 Å². The summed E-state index contributed by atoms with van der Waals surface area (Å²) < 4.78 is 10.8. The van der Waals surface area contributed by atoms with Crippen LogP contribution in [0.15, 0.2) is 42.5 Å². The molecule has 3 aromatic rings. The second-order valence-electron chi connectivity index (χ2n) is 10.3. The van der Waals surface area contributed by atoms with Gasteiger partial charge in [-0.3, -0.25) is 9.59 Å². The summed E-state index contributed by atoms with van der Waals surface area (Å²) in [6.45, 7) is 0. The predicted molar refractivity (Wildman–Crippen MR) is 144 cm³/mol. The lowest BCUT2D eigenvalue weighted by molar-refractivity contribution is -0.122. The summed E-state index contributed by atoms with van der Waals surface area (Å²) in [5.74, 6) is 0.952. The summed E-state index contributed by atoms with van der Waals surface area (Å²) in [7, 11) is 3.47. The molecular formula is C29H36N4O4. The number of aromatic nitrogens is 2. The van der Waals surface area contributed by atoms with Crippen LogP contribution in [0.5, 0.6) is 0 Å². The largest absolute Gasteiger partial charge is 0.381 e. The molecule has 0 saturated heterocycles. The molecule has 2 aromatic carbocycles. The normalized spacial score (nSPS) is 24.1. The molecule has 1 heterocycles. The summed E-state index contributed by atoms with van der Waals surface area (Å²) in [4.78, 5) is 33.5. The highest BCUT2D eigenvalue weighted by atomic mass is 16.5. The number of carbonyl (C=O) groups is 2. The van der Waals surface area contributed by atoms with Gasteiger partial charge in [0.2, 0.25) is 11.8 Å². The first-order chi connectivity index (χ1) is 18.0. The average Bonchev–Trinajstić information content (AvgIpc) is 3.37. The van der Waals surface area contributed by atoms with Crippen molar-refractivity contribution in [2.24, 2.45) is 11.8 Å². The number of aromatic amines is 1. The Bertz CT molecular complexity index is 1220. The fourth-order valence-electron chi connectivity index (χ4n) is 5.55. The second kappa shape index (κ2) is 11.4. The third-order valence-electron chi connectivity index (χ3n) is 7.93. The number of anilines is 2. The third-order valence-corrected chi connectivity index (χ3v) is 7.93. The number of hydrogen-bond donors (Lipinski definition) is 3. The number of amides is 2. The van der Waals surface area contributed by atoms with Gasteiger partial charge in [-0.1, -0.05) is 0 Å². The minimum absolute atomic E-state index is 0.0267. The van der Waals surface area contributed by atoms with Crippen molar-refractivity contribution >= 4 is 34.2 Å². The summed E-state index contributed by atoms with van der Waals surface area (Å²) in [5.41, 5.74) is 4.16. The Labute approximate surface area is 217 Å². The van der Waals surface area contributed by atoms with Gasteiger partial charge in [0.1, 0.15) is 5.82 Å². The number of ether oxygens (including phenoxy) is 2. The molecule has 2 saturated carbocycles. The van der Waals surface area contributed by atoms with Crippen LogP contribution < -0.4 is 10.6 Å². The van der Waals surface area contributed by atoms with E-state index >= 15 is 0 Å². The van der Waals surface area contributed by atoms with E-state index in [-0.39, 0.29) is 35.9 Å². The molecule has 0 unspecified atom stereocenters. The van der Waals surface area contributed by atoms with Crippen LogP contribution in [0, 0.1) is 11.8 Å². The fourth-order valence-corrected chi connectivity index (χ4v) is 5.55. The van der Waals surface area contributed by atoms with Crippen molar-refractivity contribution in [2.75, 3.05) is 24.9 Å². The Kier molecular flexibility index (Phi) is 7.86. The number of benzene rings is 2. The lowest BCUT2D eigenvalue weighted by Gasteiger charge is -2.26. The van der Waals surface area contributed by atoms with Gasteiger partial charge in [0.15, 0.2) is 0 Å². The summed E-state index contributed by atoms with van der Waals surface area (Å²) in [5, 5.41) is 6.12. The number of carbonyl (C=O) groups excluding carboxylic acids is 2. The molecule has 196 valence electrons. The van der Waals surface area contributed by atoms with E-state index in [1.807, 2.05) is 42.5 Å². The van der Waals surface area contributed by atoms with E-state index < -0.39 is 0 Å². The number of hydrogen-bond acceptors (Lipinski definition) is 5. The molecule has 0 radical (unpaired) electrons. The van der Waals surface area contributed by atoms with E-state index in [4.69, 9.17) is 14.5 Å². The van der Waals surface area contributed by atoms with Crippen LogP contribution in [0.1, 0.15) is 51.4 Å². The zero-order valence-electron chi connectivity index (χ0n) is 21.6. The SMILES string of the molecule is COC1CCC(C(=O)Nc2ccc(-c3nc4ccc(NC(=O)C5CCC(OC)CC5)cc4[nH]3)cc2)CC1. The van der Waals surface area contributed by atoms with E-state index in [0.717, 1.165) is 85.2 Å². The van der Waals surface area contributed by atoms with Crippen molar-refractivity contribution in [1.29, 1.82) is 0 Å². The molecule has 0 bridgehead atoms. The highest BCUT2D eigenvalue weighted by Crippen LogP contribution is 2.29. The van der Waals surface area contributed by atoms with Crippen molar-refractivity contribution < 1.29 is 19.1 Å². The molecule has 3 N–H and O–H groups in total. The van der Waals surface area contributed by atoms with Crippen molar-refractivity contribution in [3.63, 3.8) is 0 Å². The lowest BCUT2D eigenvalue weighted by Crippen LogP contribution is -2.29. The maximum absolute atomic E-state index is 12.7. The number of nitrogens with one attached hydrogen (secondary N) is 3. The molecule has 37 heavy (non-hydrogen) atoms. The predicted octanol–water partition coefficient (Wildman–Crippen LogP) is 5.52. The quantitative estimate of drug-likeness (QED) is 0.393. The lowest BCUT2D eigenvalue weighted by atomic mass is 9.87. The smallest absolute Gasteiger partial charge is 0.227 e. The monoisotopic (exact) mass is 504 g/mol. The summed E-state index contributed by atoms with van der Waals surface area (Å²) in [6, 6.07) is 13.5. The number of nitrogens with zero attached hydrogens (tertiary/aromatic N) is 1. The van der Waals surface area contributed by atoms with E-state index in [0.29, 0.717) is 0 Å². The van der Waals surface area contributed by atoms with Crippen LogP contribution in [-0.4, -0.2) is 48.2 Å². The molecule has 2 fully saturated rings. The van der Waals surface area contributed by atoms with Crippen LogP contribution in [0.2, 0.25) is 0 Å². The molecule has 2 aliphatic carbocycles. The Balaban J connectivity index is 1.20. The second-order valence-corrected chi connectivity index (χ2v) is 10.3. The Morgan fingerprint density at radius 2 is 1.27 bits per heavy atom. The fraction of sp³-hybridized carbons (Fsp3) is 0.483. The molecule has 1 aromatic heterocycles. The van der Waals surface area contributed by atoms with Gasteiger partial charge in [-0.2, -0.15) is 0 Å². The van der Waals surface area contributed by atoms with Crippen molar-refractivity contribution in [1.82, 2.24) is 9.97 Å². The van der Waals surface area contributed by atoms with E-state index in [1.165, 1.54) is 0 Å². The first kappa shape index (κ1) is 25.4. The van der Waals surface area contributed by atoms with Crippen LogP contribution >= 0.6 is 0 Å². The van der Waals surface area contributed by atoms with E-state index in [9.17, 15) is 9.59 Å². The Morgan fingerprint density at radius 3 is 1.81 bits per heavy atom. The van der Waals surface area contributed by atoms with Gasteiger partial charge in [0.25, 0.3) is 0 Å². The molecule has 8 nitrogen and oxygen atoms in total. The molecule has 5 rings (SSSR count). The number of fused-ring (bicyclic) bond motifs is 1. The van der Waals surface area contributed by atoms with Gasteiger partial charge in [0.05, 0.1) is 23.2 Å². The number of methoxy groups -OCH3 is 2. The molecule has 0 atom stereocenters. The summed E-state index contributed by atoms with van der Waals surface area (Å²) >= 11 is 0. The highest BCUT2D eigenvalue weighted by molar-refractivity contribution is 5.95. The van der Waals surface area contributed by atoms with Gasteiger partial charge in [0, 0.05) is 43.0 Å². The van der Waals surface area contributed by atoms with E-state index in [2.05, 4.69) is 15.6 Å². The standard InChI is InChI=1S/C29H36N4O4/c1-36-23-12-5-19(6-13-23)28(34)30-21-9-3-18(4-10-21)27-32-25-16-11-22(17-26(25)33-27)31-29(35)20-7-14-24(37-2)15-8-20/h3-4,9-11,16-17,19-20,23-24H,5-8,12-15H2,1-2H3,(H,30,34)(H,31,35)(H,32,33). The zero-order valence-corrected chi connectivity index (χ0v) is 21.6. The van der Waals surface area contributed by atoms with Crippen LogP contribution in [0.3, 0.4) is 0 Å². The number of imidazole rings is 1. The van der Waals surface area contributed by atoms with Gasteiger partial charge in [-0.05, 0) is 93.8 Å². The number of rotatable bonds is 7. The molecule has 2 aliphatic rings. The molecule has 0 aliphatic heterocycles. The van der Waals surface area contributed by atoms with Gasteiger partial charge in [-0.15, -0.1) is 0 Å². The Hall–Kier alpha value is -3.23. The molecular weight excluding hydrogens is 468 g/mol. The summed E-state index contributed by atoms with van der Waals surface area (Å²) in [6.07, 6.45) is 7.69. The van der Waals surface area contributed by atoms with Gasteiger partial charge >= 0.3 is 0 Å². The van der Waals surface area contributed by atoms with Crippen LogP contribution in [0.4, 0.5) is 11.4 Å². The Morgan fingerprint density at radius 1 is 0.757 bits per heavy atom. The van der Waals surface area contributed by atoms with E-state index in [1.54, 1.807) is 14.2 Å². The first-order valence-electron chi connectivity index (χ1n) is 13.3. The topological polar surface area (TPSA) is 105 Å². The maximum atomic E-state index is 12.7. The zero-order chi connectivity index (χ0) is 25.8. The number of H-pyrrole nitrogens is 1. The van der Waals surface area contributed by atoms with Crippen molar-refractivity contribution in [2.45, 2.75) is 63.6 Å². The highest BCUT2D eigenvalue weighted by Gasteiger charge is 2.27. The van der Waals surface area contributed by atoms with Crippen LogP contribution in [0.25, 0.3) is 22.4 Å². The van der Waals surface area contributed by atoms with Gasteiger partial charge < -0.3 is 25.1 Å².